The highest BCUT2D eigenvalue weighted by Gasteiger charge is 2.15. The van der Waals surface area contributed by atoms with Crippen molar-refractivity contribution in [2.24, 2.45) is 0 Å². The summed E-state index contributed by atoms with van der Waals surface area (Å²) in [5, 5.41) is 10.4. The molecule has 6 nitrogen and oxygen atoms in total. The molecule has 0 aliphatic rings. The number of amides is 1. The first-order chi connectivity index (χ1) is 9.44. The Morgan fingerprint density at radius 3 is 2.90 bits per heavy atom. The van der Waals surface area contributed by atoms with Crippen molar-refractivity contribution in [2.45, 2.75) is 31.5 Å². The number of aromatic nitrogens is 4. The fourth-order valence-electron chi connectivity index (χ4n) is 1.53. The van der Waals surface area contributed by atoms with E-state index in [0.717, 1.165) is 5.56 Å². The van der Waals surface area contributed by atoms with Gasteiger partial charge in [0.25, 0.3) is 0 Å². The van der Waals surface area contributed by atoms with Crippen molar-refractivity contribution in [1.82, 2.24) is 25.5 Å². The lowest BCUT2D eigenvalue weighted by Gasteiger charge is -2.19. The molecule has 0 aliphatic carbocycles. The van der Waals surface area contributed by atoms with Gasteiger partial charge in [0.15, 0.2) is 5.82 Å². The highest BCUT2D eigenvalue weighted by Crippen LogP contribution is 2.18. The van der Waals surface area contributed by atoms with Gasteiger partial charge in [-0.05, 0) is 32.9 Å². The van der Waals surface area contributed by atoms with Gasteiger partial charge in [-0.15, -0.1) is 5.10 Å². The Balaban J connectivity index is 1.92. The zero-order chi connectivity index (χ0) is 14.6. The van der Waals surface area contributed by atoms with Crippen LogP contribution in [0.4, 0.5) is 0 Å². The Morgan fingerprint density at radius 2 is 2.25 bits per heavy atom. The van der Waals surface area contributed by atoms with Gasteiger partial charge in [-0.1, -0.05) is 11.8 Å². The van der Waals surface area contributed by atoms with Crippen LogP contribution < -0.4 is 5.32 Å². The van der Waals surface area contributed by atoms with Crippen LogP contribution in [-0.4, -0.2) is 37.4 Å². The quantitative estimate of drug-likeness (QED) is 0.840. The van der Waals surface area contributed by atoms with Crippen molar-refractivity contribution in [3.63, 3.8) is 0 Å². The molecule has 0 aliphatic heterocycles. The van der Waals surface area contributed by atoms with Crippen molar-refractivity contribution >= 4 is 17.7 Å². The first-order valence-electron chi connectivity index (χ1n) is 6.21. The predicted octanol–water partition coefficient (Wildman–Crippen LogP) is 1.87. The Bertz CT molecular complexity index is 576. The summed E-state index contributed by atoms with van der Waals surface area (Å²) >= 11 is 1.30. The number of aromatic amines is 1. The van der Waals surface area contributed by atoms with Crippen molar-refractivity contribution in [3.05, 3.63) is 24.5 Å². The summed E-state index contributed by atoms with van der Waals surface area (Å²) in [4.78, 5) is 20.1. The molecule has 0 bridgehead atoms. The largest absolute Gasteiger partial charge is 0.351 e. The number of pyridine rings is 1. The number of rotatable bonds is 4. The molecular formula is C13H17N5OS. The summed E-state index contributed by atoms with van der Waals surface area (Å²) < 4.78 is 0. The second kappa shape index (κ2) is 6.04. The molecule has 2 N–H and O–H groups in total. The molecule has 0 radical (unpaired) electrons. The average molecular weight is 291 g/mol. The minimum atomic E-state index is -0.225. The maximum Gasteiger partial charge on any atom is 0.230 e. The molecule has 0 unspecified atom stereocenters. The van der Waals surface area contributed by atoms with Gasteiger partial charge in [-0.3, -0.25) is 14.9 Å². The van der Waals surface area contributed by atoms with Crippen LogP contribution in [0.2, 0.25) is 0 Å². The van der Waals surface area contributed by atoms with Gasteiger partial charge in [-0.2, -0.15) is 0 Å². The zero-order valence-corrected chi connectivity index (χ0v) is 12.5. The van der Waals surface area contributed by atoms with E-state index in [0.29, 0.717) is 16.7 Å². The van der Waals surface area contributed by atoms with E-state index in [4.69, 9.17) is 0 Å². The van der Waals surface area contributed by atoms with E-state index in [-0.39, 0.29) is 11.4 Å². The third kappa shape index (κ3) is 4.34. The molecule has 0 aromatic carbocycles. The van der Waals surface area contributed by atoms with E-state index in [1.165, 1.54) is 11.8 Å². The van der Waals surface area contributed by atoms with Gasteiger partial charge in [0.1, 0.15) is 0 Å². The lowest BCUT2D eigenvalue weighted by molar-refractivity contribution is -0.119. The minimum absolute atomic E-state index is 0.0322. The lowest BCUT2D eigenvalue weighted by atomic mass is 10.1. The van der Waals surface area contributed by atoms with E-state index < -0.39 is 0 Å². The molecule has 0 saturated carbocycles. The van der Waals surface area contributed by atoms with Crippen molar-refractivity contribution in [2.75, 3.05) is 5.75 Å². The van der Waals surface area contributed by atoms with Crippen molar-refractivity contribution in [1.29, 1.82) is 0 Å². The van der Waals surface area contributed by atoms with Crippen LogP contribution >= 0.6 is 11.8 Å². The van der Waals surface area contributed by atoms with Crippen LogP contribution in [0.3, 0.4) is 0 Å². The summed E-state index contributed by atoms with van der Waals surface area (Å²) in [6, 6.07) is 3.73. The van der Waals surface area contributed by atoms with Crippen LogP contribution in [0.1, 0.15) is 20.8 Å². The number of carbonyl (C=O) groups excluding carboxylic acids is 1. The van der Waals surface area contributed by atoms with E-state index in [1.54, 1.807) is 12.4 Å². The smallest absolute Gasteiger partial charge is 0.230 e. The summed E-state index contributed by atoms with van der Waals surface area (Å²) in [5.41, 5.74) is 0.642. The van der Waals surface area contributed by atoms with Crippen molar-refractivity contribution < 1.29 is 4.79 Å². The standard InChI is InChI=1S/C13H17N5OS/c1-13(2,3)16-10(19)8-20-12-15-11(17-18-12)9-5-4-6-14-7-9/h4-7H,8H2,1-3H3,(H,16,19)(H,15,17,18). The molecule has 0 spiro atoms. The number of carbonyl (C=O) groups is 1. The predicted molar refractivity (Wildman–Crippen MR) is 78.2 cm³/mol. The van der Waals surface area contributed by atoms with Crippen LogP contribution in [0.15, 0.2) is 29.7 Å². The molecule has 2 rings (SSSR count). The van der Waals surface area contributed by atoms with Crippen LogP contribution in [0.25, 0.3) is 11.4 Å². The Hall–Kier alpha value is -1.89. The molecule has 2 aromatic heterocycles. The monoisotopic (exact) mass is 291 g/mol. The van der Waals surface area contributed by atoms with E-state index in [1.807, 2.05) is 32.9 Å². The minimum Gasteiger partial charge on any atom is -0.351 e. The molecule has 0 atom stereocenters. The molecule has 7 heteroatoms. The van der Waals surface area contributed by atoms with E-state index >= 15 is 0 Å². The number of nitrogens with zero attached hydrogens (tertiary/aromatic N) is 3. The third-order valence-electron chi connectivity index (χ3n) is 2.25. The number of H-pyrrole nitrogens is 1. The molecular weight excluding hydrogens is 274 g/mol. The SMILES string of the molecule is CC(C)(C)NC(=O)CSc1n[nH]c(-c2cccnc2)n1. The van der Waals surface area contributed by atoms with Gasteiger partial charge in [-0.25, -0.2) is 4.98 Å². The van der Waals surface area contributed by atoms with E-state index in [2.05, 4.69) is 25.5 Å². The number of thioether (sulfide) groups is 1. The van der Waals surface area contributed by atoms with Crippen LogP contribution in [-0.2, 0) is 4.79 Å². The molecule has 0 fully saturated rings. The number of hydrogen-bond donors (Lipinski definition) is 2. The number of hydrogen-bond acceptors (Lipinski definition) is 5. The summed E-state index contributed by atoms with van der Waals surface area (Å²) in [6.45, 7) is 5.84. The first-order valence-corrected chi connectivity index (χ1v) is 7.19. The fourth-order valence-corrected chi connectivity index (χ4v) is 2.13. The van der Waals surface area contributed by atoms with Crippen LogP contribution in [0.5, 0.6) is 0 Å². The Kier molecular flexibility index (Phi) is 4.39. The normalized spacial score (nSPS) is 11.3. The maximum absolute atomic E-state index is 11.7. The zero-order valence-electron chi connectivity index (χ0n) is 11.7. The second-order valence-electron chi connectivity index (χ2n) is 5.30. The second-order valence-corrected chi connectivity index (χ2v) is 6.24. The van der Waals surface area contributed by atoms with Gasteiger partial charge >= 0.3 is 0 Å². The molecule has 0 saturated heterocycles. The first kappa shape index (κ1) is 14.5. The Morgan fingerprint density at radius 1 is 1.45 bits per heavy atom. The molecule has 2 heterocycles. The lowest BCUT2D eigenvalue weighted by Crippen LogP contribution is -2.41. The van der Waals surface area contributed by atoms with Crippen molar-refractivity contribution in [3.8, 4) is 11.4 Å². The highest BCUT2D eigenvalue weighted by atomic mass is 32.2. The molecule has 1 amide bonds. The average Bonchev–Trinajstić information content (AvgIpc) is 2.84. The molecule has 106 valence electrons. The maximum atomic E-state index is 11.7. The molecule has 2 aromatic rings. The summed E-state index contributed by atoms with van der Waals surface area (Å²) in [6.07, 6.45) is 3.41. The highest BCUT2D eigenvalue weighted by molar-refractivity contribution is 7.99. The van der Waals surface area contributed by atoms with Crippen LogP contribution in [0, 0.1) is 0 Å². The summed E-state index contributed by atoms with van der Waals surface area (Å²) in [7, 11) is 0. The van der Waals surface area contributed by atoms with Gasteiger partial charge in [0.05, 0.1) is 5.75 Å². The Labute approximate surface area is 121 Å². The fraction of sp³-hybridized carbons (Fsp3) is 0.385. The van der Waals surface area contributed by atoms with E-state index in [9.17, 15) is 4.79 Å². The molecule has 20 heavy (non-hydrogen) atoms. The van der Waals surface area contributed by atoms with Gasteiger partial charge in [0, 0.05) is 23.5 Å². The third-order valence-corrected chi connectivity index (χ3v) is 3.09. The van der Waals surface area contributed by atoms with Gasteiger partial charge in [0.2, 0.25) is 11.1 Å². The number of nitrogens with one attached hydrogen (secondary N) is 2. The summed E-state index contributed by atoms with van der Waals surface area (Å²) in [5.74, 6) is 0.911. The topological polar surface area (TPSA) is 83.6 Å². The van der Waals surface area contributed by atoms with Gasteiger partial charge < -0.3 is 5.32 Å².